The quantitative estimate of drug-likeness (QED) is 0.784. The van der Waals surface area contributed by atoms with E-state index in [4.69, 9.17) is 0 Å². The van der Waals surface area contributed by atoms with E-state index in [2.05, 4.69) is 0 Å². The van der Waals surface area contributed by atoms with Gasteiger partial charge in [0, 0.05) is 13.1 Å². The number of amides is 2. The van der Waals surface area contributed by atoms with E-state index in [9.17, 15) is 18.0 Å². The molecule has 1 saturated carbocycles. The van der Waals surface area contributed by atoms with Crippen molar-refractivity contribution >= 4 is 21.8 Å². The van der Waals surface area contributed by atoms with Gasteiger partial charge in [-0.2, -0.15) is 0 Å². The molecule has 1 aromatic carbocycles. The average Bonchev–Trinajstić information content (AvgIpc) is 2.78. The fraction of sp³-hybridized carbons (Fsp3) is 0.500. The fourth-order valence-electron chi connectivity index (χ4n) is 3.57. The zero-order valence-corrected chi connectivity index (χ0v) is 14.0. The van der Waals surface area contributed by atoms with Crippen LogP contribution in [-0.2, 0) is 10.0 Å². The summed E-state index contributed by atoms with van der Waals surface area (Å²) in [5, 5.41) is 0. The number of carbonyl (C=O) groups is 2. The molecule has 0 spiro atoms. The van der Waals surface area contributed by atoms with Crippen LogP contribution in [0, 0.1) is 0 Å². The van der Waals surface area contributed by atoms with Crippen LogP contribution < -0.4 is 0 Å². The normalized spacial score (nSPS) is 25.1. The third kappa shape index (κ3) is 2.68. The monoisotopic (exact) mass is 336 g/mol. The molecule has 1 heterocycles. The number of rotatable bonds is 3. The van der Waals surface area contributed by atoms with Gasteiger partial charge in [-0.1, -0.05) is 25.0 Å². The summed E-state index contributed by atoms with van der Waals surface area (Å²) in [5.41, 5.74) is 0.813. The number of sulfonamides is 1. The largest absolute Gasteiger partial charge is 0.270 e. The van der Waals surface area contributed by atoms with Crippen LogP contribution in [0.25, 0.3) is 0 Å². The van der Waals surface area contributed by atoms with Gasteiger partial charge in [0.2, 0.25) is 10.0 Å². The lowest BCUT2D eigenvalue weighted by Gasteiger charge is -2.40. The van der Waals surface area contributed by atoms with Crippen molar-refractivity contribution in [3.63, 3.8) is 0 Å². The molecule has 0 N–H and O–H groups in total. The number of nitrogens with zero attached hydrogens (tertiary/aromatic N) is 2. The molecule has 1 fully saturated rings. The van der Waals surface area contributed by atoms with Gasteiger partial charge >= 0.3 is 0 Å². The first kappa shape index (κ1) is 16.1. The van der Waals surface area contributed by atoms with E-state index in [1.165, 1.54) is 16.3 Å². The van der Waals surface area contributed by atoms with E-state index >= 15 is 0 Å². The summed E-state index contributed by atoms with van der Waals surface area (Å²) in [5.74, 6) is -0.631. The van der Waals surface area contributed by atoms with Crippen molar-refractivity contribution in [1.82, 2.24) is 9.21 Å². The predicted octanol–water partition coefficient (Wildman–Crippen LogP) is 1.49. The molecule has 0 saturated heterocycles. The average molecular weight is 336 g/mol. The van der Waals surface area contributed by atoms with Crippen LogP contribution in [0.2, 0.25) is 0 Å². The molecule has 2 amide bonds. The molecule has 0 unspecified atom stereocenters. The van der Waals surface area contributed by atoms with Crippen molar-refractivity contribution in [3.05, 3.63) is 35.4 Å². The Balaban J connectivity index is 1.97. The van der Waals surface area contributed by atoms with E-state index in [0.717, 1.165) is 19.1 Å². The summed E-state index contributed by atoms with van der Waals surface area (Å²) in [4.78, 5) is 26.6. The van der Waals surface area contributed by atoms with E-state index in [-0.39, 0.29) is 17.9 Å². The summed E-state index contributed by atoms with van der Waals surface area (Å²) < 4.78 is 25.1. The molecule has 1 aliphatic carbocycles. The Morgan fingerprint density at radius 3 is 2.09 bits per heavy atom. The minimum absolute atomic E-state index is 0.315. The number of carbonyl (C=O) groups excluding carboxylic acids is 2. The lowest BCUT2D eigenvalue weighted by atomic mass is 9.89. The van der Waals surface area contributed by atoms with Gasteiger partial charge in [-0.05, 0) is 25.0 Å². The van der Waals surface area contributed by atoms with Gasteiger partial charge in [-0.15, -0.1) is 0 Å². The number of fused-ring (bicyclic) bond motifs is 1. The highest BCUT2D eigenvalue weighted by Crippen LogP contribution is 2.33. The maximum atomic E-state index is 12.7. The fourth-order valence-corrected chi connectivity index (χ4v) is 4.31. The number of hydrogen-bond acceptors (Lipinski definition) is 4. The Labute approximate surface area is 136 Å². The first-order valence-electron chi connectivity index (χ1n) is 7.72. The van der Waals surface area contributed by atoms with E-state index in [1.54, 1.807) is 24.3 Å². The van der Waals surface area contributed by atoms with Crippen LogP contribution in [0.3, 0.4) is 0 Å². The second-order valence-electron chi connectivity index (χ2n) is 6.22. The van der Waals surface area contributed by atoms with Crippen molar-refractivity contribution < 1.29 is 18.0 Å². The second kappa shape index (κ2) is 5.72. The van der Waals surface area contributed by atoms with Gasteiger partial charge in [0.05, 0.1) is 23.4 Å². The van der Waals surface area contributed by atoms with E-state index < -0.39 is 16.1 Å². The Morgan fingerprint density at radius 1 is 1.04 bits per heavy atom. The molecule has 0 bridgehead atoms. The molecule has 7 heteroatoms. The lowest BCUT2D eigenvalue weighted by molar-refractivity contribution is 0.0462. The highest BCUT2D eigenvalue weighted by atomic mass is 32.2. The number of hydrogen-bond donors (Lipinski definition) is 0. The maximum Gasteiger partial charge on any atom is 0.261 e. The van der Waals surface area contributed by atoms with Crippen LogP contribution in [0.15, 0.2) is 24.3 Å². The summed E-state index contributed by atoms with van der Waals surface area (Å²) in [6, 6.07) is 5.99. The number of benzene rings is 1. The molecule has 2 aliphatic rings. The molecule has 2 atom stereocenters. The first-order valence-corrected chi connectivity index (χ1v) is 9.57. The van der Waals surface area contributed by atoms with Gasteiger partial charge in [-0.25, -0.2) is 12.7 Å². The number of likely N-dealkylation sites (N-methyl/N-ethyl adjacent to an activating group) is 1. The van der Waals surface area contributed by atoms with Gasteiger partial charge < -0.3 is 0 Å². The van der Waals surface area contributed by atoms with Crippen LogP contribution in [0.5, 0.6) is 0 Å². The van der Waals surface area contributed by atoms with Crippen LogP contribution >= 0.6 is 0 Å². The molecule has 23 heavy (non-hydrogen) atoms. The van der Waals surface area contributed by atoms with Crippen LogP contribution in [-0.4, -0.2) is 54.8 Å². The summed E-state index contributed by atoms with van der Waals surface area (Å²) in [6.07, 6.45) is 4.22. The summed E-state index contributed by atoms with van der Waals surface area (Å²) in [7, 11) is -1.86. The van der Waals surface area contributed by atoms with Crippen molar-refractivity contribution in [2.45, 2.75) is 37.8 Å². The molecule has 0 aromatic heterocycles. The molecule has 124 valence electrons. The highest BCUT2D eigenvalue weighted by molar-refractivity contribution is 7.88. The molecular weight excluding hydrogens is 316 g/mol. The van der Waals surface area contributed by atoms with Crippen molar-refractivity contribution in [3.8, 4) is 0 Å². The van der Waals surface area contributed by atoms with E-state index in [0.29, 0.717) is 24.0 Å². The zero-order valence-electron chi connectivity index (χ0n) is 13.2. The zero-order chi connectivity index (χ0) is 16.8. The van der Waals surface area contributed by atoms with Gasteiger partial charge in [-0.3, -0.25) is 14.5 Å². The Kier molecular flexibility index (Phi) is 4.01. The van der Waals surface area contributed by atoms with Crippen LogP contribution in [0.1, 0.15) is 46.4 Å². The highest BCUT2D eigenvalue weighted by Gasteiger charge is 2.45. The minimum atomic E-state index is -3.38. The number of imide groups is 1. The third-order valence-electron chi connectivity index (χ3n) is 4.84. The molecule has 6 nitrogen and oxygen atoms in total. The summed E-state index contributed by atoms with van der Waals surface area (Å²) >= 11 is 0. The van der Waals surface area contributed by atoms with Gasteiger partial charge in [0.1, 0.15) is 0 Å². The lowest BCUT2D eigenvalue weighted by Crippen LogP contribution is -2.55. The van der Waals surface area contributed by atoms with Crippen molar-refractivity contribution in [2.75, 3.05) is 13.3 Å². The van der Waals surface area contributed by atoms with Crippen molar-refractivity contribution in [2.24, 2.45) is 0 Å². The maximum absolute atomic E-state index is 12.7. The molecule has 1 aliphatic heterocycles. The Morgan fingerprint density at radius 2 is 1.57 bits per heavy atom. The Hall–Kier alpha value is -1.73. The van der Waals surface area contributed by atoms with Crippen molar-refractivity contribution in [1.29, 1.82) is 0 Å². The Bertz CT molecular complexity index is 724. The van der Waals surface area contributed by atoms with E-state index in [1.807, 2.05) is 0 Å². The molecular formula is C16H20N2O4S. The topological polar surface area (TPSA) is 74.8 Å². The smallest absolute Gasteiger partial charge is 0.261 e. The first-order chi connectivity index (χ1) is 10.8. The third-order valence-corrected chi connectivity index (χ3v) is 6.16. The second-order valence-corrected chi connectivity index (χ2v) is 8.27. The van der Waals surface area contributed by atoms with Gasteiger partial charge in [0.15, 0.2) is 0 Å². The minimum Gasteiger partial charge on any atom is -0.270 e. The van der Waals surface area contributed by atoms with Crippen LogP contribution in [0.4, 0.5) is 0 Å². The summed E-state index contributed by atoms with van der Waals surface area (Å²) in [6.45, 7) is 0. The van der Waals surface area contributed by atoms with Gasteiger partial charge in [0.25, 0.3) is 11.8 Å². The SMILES string of the molecule is CN([C@@H]1CCCC[C@H]1N1C(=O)c2ccccc2C1=O)S(C)(=O)=O. The molecule has 3 rings (SSSR count). The molecule has 0 radical (unpaired) electrons. The molecule has 1 aromatic rings. The standard InChI is InChI=1S/C16H20N2O4S/c1-17(23(2,21)22)13-9-5-6-10-14(13)18-15(19)11-7-3-4-8-12(11)16(18)20/h3-4,7-8,13-14H,5-6,9-10H2,1-2H3/t13-,14-/m1/s1. The predicted molar refractivity (Wildman–Crippen MR) is 85.6 cm³/mol.